The van der Waals surface area contributed by atoms with Gasteiger partial charge in [0.05, 0.1) is 0 Å². The Balaban J connectivity index is 4.18. The number of hydrogen-bond acceptors (Lipinski definition) is 2. The fourth-order valence-corrected chi connectivity index (χ4v) is 2.04. The summed E-state index contributed by atoms with van der Waals surface area (Å²) in [5.74, 6) is 2.08. The van der Waals surface area contributed by atoms with Gasteiger partial charge in [-0.3, -0.25) is 0 Å². The maximum atomic E-state index is 6.24. The Bertz CT molecular complexity index is 156. The van der Waals surface area contributed by atoms with Crippen LogP contribution in [0.2, 0.25) is 0 Å². The van der Waals surface area contributed by atoms with Crippen LogP contribution in [-0.4, -0.2) is 30.6 Å². The first kappa shape index (κ1) is 15.9. The normalized spacial score (nSPS) is 16.1. The summed E-state index contributed by atoms with van der Waals surface area (Å²) in [5, 5.41) is 0. The van der Waals surface area contributed by atoms with Gasteiger partial charge >= 0.3 is 0 Å². The average Bonchev–Trinajstić information content (AvgIpc) is 2.14. The molecule has 0 unspecified atom stereocenters. The van der Waals surface area contributed by atoms with Gasteiger partial charge < -0.3 is 10.6 Å². The molecule has 0 saturated heterocycles. The van der Waals surface area contributed by atoms with Crippen molar-refractivity contribution in [1.29, 1.82) is 0 Å². The van der Waals surface area contributed by atoms with E-state index in [1.807, 2.05) is 0 Å². The van der Waals surface area contributed by atoms with Crippen molar-refractivity contribution < 1.29 is 0 Å². The molecule has 0 rings (SSSR count). The van der Waals surface area contributed by atoms with Crippen molar-refractivity contribution >= 4 is 0 Å². The van der Waals surface area contributed by atoms with Crippen molar-refractivity contribution in [2.24, 2.45) is 23.5 Å². The van der Waals surface area contributed by atoms with E-state index >= 15 is 0 Å². The molecule has 0 amide bonds. The van der Waals surface area contributed by atoms with Gasteiger partial charge in [-0.2, -0.15) is 0 Å². The maximum absolute atomic E-state index is 6.24. The van der Waals surface area contributed by atoms with Crippen LogP contribution in [0.15, 0.2) is 0 Å². The summed E-state index contributed by atoms with van der Waals surface area (Å²) < 4.78 is 0. The van der Waals surface area contributed by atoms with Crippen LogP contribution in [0.4, 0.5) is 0 Å². The average molecular weight is 228 g/mol. The molecule has 0 aromatic heterocycles. The van der Waals surface area contributed by atoms with Gasteiger partial charge in [0.15, 0.2) is 0 Å². The van der Waals surface area contributed by atoms with Crippen LogP contribution >= 0.6 is 0 Å². The zero-order valence-corrected chi connectivity index (χ0v) is 12.2. The monoisotopic (exact) mass is 228 g/mol. The fourth-order valence-electron chi connectivity index (χ4n) is 2.04. The first-order valence-corrected chi connectivity index (χ1v) is 6.84. The lowest BCUT2D eigenvalue weighted by Crippen LogP contribution is -2.44. The minimum atomic E-state index is 0.322. The molecule has 0 aliphatic rings. The van der Waals surface area contributed by atoms with Crippen molar-refractivity contribution in [2.45, 2.75) is 54.0 Å². The predicted octanol–water partition coefficient (Wildman–Crippen LogP) is 2.97. The van der Waals surface area contributed by atoms with Crippen LogP contribution in [0.5, 0.6) is 0 Å². The highest BCUT2D eigenvalue weighted by Crippen LogP contribution is 2.10. The summed E-state index contributed by atoms with van der Waals surface area (Å²) in [7, 11) is 0. The fraction of sp³-hybridized carbons (Fsp3) is 1.00. The first-order valence-electron chi connectivity index (χ1n) is 6.84. The van der Waals surface area contributed by atoms with Gasteiger partial charge in [-0.1, -0.05) is 48.0 Å². The van der Waals surface area contributed by atoms with E-state index < -0.39 is 0 Å². The van der Waals surface area contributed by atoms with Crippen LogP contribution in [0.25, 0.3) is 0 Å². The molecule has 0 radical (unpaired) electrons. The second-order valence-corrected chi connectivity index (χ2v) is 6.06. The molecule has 16 heavy (non-hydrogen) atoms. The van der Waals surface area contributed by atoms with Gasteiger partial charge in [-0.25, -0.2) is 0 Å². The number of nitrogens with zero attached hydrogens (tertiary/aromatic N) is 1. The van der Waals surface area contributed by atoms with E-state index in [1.165, 1.54) is 19.5 Å². The summed E-state index contributed by atoms with van der Waals surface area (Å²) in [4.78, 5) is 2.53. The summed E-state index contributed by atoms with van der Waals surface area (Å²) >= 11 is 0. The van der Waals surface area contributed by atoms with Crippen molar-refractivity contribution in [1.82, 2.24) is 4.90 Å². The van der Waals surface area contributed by atoms with Crippen molar-refractivity contribution in [3.05, 3.63) is 0 Å². The largest absolute Gasteiger partial charge is 0.326 e. The quantitative estimate of drug-likeness (QED) is 0.692. The Kier molecular flexibility index (Phi) is 8.04. The van der Waals surface area contributed by atoms with Gasteiger partial charge in [-0.05, 0) is 17.8 Å². The zero-order valence-electron chi connectivity index (χ0n) is 12.2. The van der Waals surface area contributed by atoms with Crippen molar-refractivity contribution in [3.8, 4) is 0 Å². The minimum Gasteiger partial charge on any atom is -0.326 e. The molecule has 2 N–H and O–H groups in total. The molecular formula is C14H32N2. The maximum Gasteiger partial charge on any atom is 0.0193 e. The predicted molar refractivity (Wildman–Crippen MR) is 73.5 cm³/mol. The third-order valence-electron chi connectivity index (χ3n) is 3.09. The molecule has 2 atom stereocenters. The molecule has 0 heterocycles. The molecule has 0 fully saturated rings. The molecule has 98 valence electrons. The molecule has 0 aromatic rings. The Morgan fingerprint density at radius 3 is 1.62 bits per heavy atom. The van der Waals surface area contributed by atoms with Crippen LogP contribution in [0.1, 0.15) is 48.0 Å². The van der Waals surface area contributed by atoms with Gasteiger partial charge in [0, 0.05) is 25.7 Å². The summed E-state index contributed by atoms with van der Waals surface area (Å²) in [6, 6.07) is 0.322. The van der Waals surface area contributed by atoms with E-state index in [0.717, 1.165) is 18.4 Å². The van der Waals surface area contributed by atoms with Crippen molar-refractivity contribution in [2.75, 3.05) is 19.6 Å². The van der Waals surface area contributed by atoms with E-state index in [1.54, 1.807) is 0 Å². The SMILES string of the molecule is CC[C@H](C)[C@@H](N)CN(CC(C)C)CC(C)C. The van der Waals surface area contributed by atoms with E-state index in [0.29, 0.717) is 12.0 Å². The van der Waals surface area contributed by atoms with Crippen molar-refractivity contribution in [3.63, 3.8) is 0 Å². The standard InChI is InChI=1S/C14H32N2/c1-7-13(6)14(15)10-16(8-11(2)3)9-12(4)5/h11-14H,7-10,15H2,1-6H3/t13-,14-/m0/s1. The van der Waals surface area contributed by atoms with E-state index in [9.17, 15) is 0 Å². The number of rotatable bonds is 8. The van der Waals surface area contributed by atoms with E-state index in [-0.39, 0.29) is 0 Å². The second-order valence-electron chi connectivity index (χ2n) is 6.06. The topological polar surface area (TPSA) is 29.3 Å². The molecule has 0 saturated carbocycles. The van der Waals surface area contributed by atoms with Gasteiger partial charge in [0.2, 0.25) is 0 Å². The first-order chi connectivity index (χ1) is 7.36. The van der Waals surface area contributed by atoms with Gasteiger partial charge in [0.25, 0.3) is 0 Å². The van der Waals surface area contributed by atoms with Gasteiger partial charge in [-0.15, -0.1) is 0 Å². The smallest absolute Gasteiger partial charge is 0.0193 e. The lowest BCUT2D eigenvalue weighted by Gasteiger charge is -2.30. The minimum absolute atomic E-state index is 0.322. The third-order valence-corrected chi connectivity index (χ3v) is 3.09. The molecule has 2 nitrogen and oxygen atoms in total. The zero-order chi connectivity index (χ0) is 12.7. The Labute approximate surface area is 103 Å². The molecular weight excluding hydrogens is 196 g/mol. The van der Waals surface area contributed by atoms with Crippen LogP contribution < -0.4 is 5.73 Å². The van der Waals surface area contributed by atoms with E-state index in [2.05, 4.69) is 46.4 Å². The summed E-state index contributed by atoms with van der Waals surface area (Å²) in [5.41, 5.74) is 6.24. The van der Waals surface area contributed by atoms with Gasteiger partial charge in [0.1, 0.15) is 0 Å². The number of hydrogen-bond donors (Lipinski definition) is 1. The third kappa shape index (κ3) is 7.24. The molecule has 0 spiro atoms. The summed E-state index contributed by atoms with van der Waals surface area (Å²) in [6.07, 6.45) is 1.18. The van der Waals surface area contributed by atoms with Crippen LogP contribution in [-0.2, 0) is 0 Å². The van der Waals surface area contributed by atoms with Crippen LogP contribution in [0, 0.1) is 17.8 Å². The molecule has 0 aromatic carbocycles. The molecule has 0 aliphatic heterocycles. The Morgan fingerprint density at radius 1 is 0.875 bits per heavy atom. The Morgan fingerprint density at radius 2 is 1.31 bits per heavy atom. The van der Waals surface area contributed by atoms with Crippen LogP contribution in [0.3, 0.4) is 0 Å². The number of nitrogens with two attached hydrogens (primary N) is 1. The molecule has 2 heteroatoms. The highest BCUT2D eigenvalue weighted by Gasteiger charge is 2.16. The lowest BCUT2D eigenvalue weighted by atomic mass is 9.99. The van der Waals surface area contributed by atoms with E-state index in [4.69, 9.17) is 5.73 Å². The lowest BCUT2D eigenvalue weighted by molar-refractivity contribution is 0.191. The molecule has 0 bridgehead atoms. The molecule has 0 aliphatic carbocycles. The summed E-state index contributed by atoms with van der Waals surface area (Å²) in [6.45, 7) is 17.0. The highest BCUT2D eigenvalue weighted by atomic mass is 15.1. The Hall–Kier alpha value is -0.0800. The second kappa shape index (κ2) is 8.08. The highest BCUT2D eigenvalue weighted by molar-refractivity contribution is 4.74.